The molecule has 1 aliphatic rings. The minimum absolute atomic E-state index is 0.349. The Morgan fingerprint density at radius 1 is 0.571 bits per heavy atom. The van der Waals surface area contributed by atoms with E-state index >= 15 is 0 Å². The third-order valence-electron chi connectivity index (χ3n) is 9.24. The number of hydrogen-bond donors (Lipinski definition) is 0. The molecular weight excluding hydrogens is 746 g/mol. The van der Waals surface area contributed by atoms with Gasteiger partial charge in [-0.25, -0.2) is 4.79 Å². The summed E-state index contributed by atoms with van der Waals surface area (Å²) in [6.45, 7) is 4.28. The quantitative estimate of drug-likeness (QED) is 0.0837. The van der Waals surface area contributed by atoms with E-state index in [-0.39, 0.29) is 0 Å². The van der Waals surface area contributed by atoms with Crippen LogP contribution in [0, 0.1) is 0 Å². The molecule has 0 fully saturated rings. The molecule has 0 bridgehead atoms. The Kier molecular flexibility index (Phi) is 12.8. The Morgan fingerprint density at radius 2 is 1.12 bits per heavy atom. The van der Waals surface area contributed by atoms with Gasteiger partial charge in [0.15, 0.2) is 5.75 Å². The van der Waals surface area contributed by atoms with Crippen LogP contribution in [0.4, 0.5) is 0 Å². The standard InChI is InChI=1S/C45H44O9P2/c1-5-7-17-32-27-36(47-3)29-40(42(32)51-55(49-34-20-11-9-12-21-34)50-35-22-13-10-14-23-35)41-30-37(48-4)28-33(18-8-6-2)43(41)52-56-53-44-38-24-16-15-19-31(38)25-26-39(44)45(46)54-56/h9-16,19-30H,5-8,17-18H2,1-4H3. The molecule has 0 aromatic heterocycles. The molecule has 11 heteroatoms. The van der Waals surface area contributed by atoms with Crippen molar-refractivity contribution >= 4 is 33.9 Å². The lowest BCUT2D eigenvalue weighted by molar-refractivity contribution is 0.0698. The zero-order valence-electron chi connectivity index (χ0n) is 31.9. The maximum Gasteiger partial charge on any atom is 0.532 e. The van der Waals surface area contributed by atoms with Crippen LogP contribution in [0.5, 0.6) is 40.2 Å². The van der Waals surface area contributed by atoms with Crippen LogP contribution in [0.1, 0.15) is 61.0 Å². The minimum Gasteiger partial charge on any atom is -0.497 e. The molecular formula is C45H44O9P2. The predicted molar refractivity (Wildman–Crippen MR) is 221 cm³/mol. The molecule has 288 valence electrons. The number of carbonyl (C=O) groups is 1. The van der Waals surface area contributed by atoms with Gasteiger partial charge in [-0.3, -0.25) is 0 Å². The van der Waals surface area contributed by atoms with E-state index in [4.69, 9.17) is 36.6 Å². The average molecular weight is 791 g/mol. The summed E-state index contributed by atoms with van der Waals surface area (Å²) in [5, 5.41) is 1.74. The number of benzene rings is 6. The van der Waals surface area contributed by atoms with Crippen molar-refractivity contribution in [1.82, 2.24) is 0 Å². The third kappa shape index (κ3) is 8.97. The monoisotopic (exact) mass is 790 g/mol. The first-order valence-electron chi connectivity index (χ1n) is 18.7. The first-order valence-corrected chi connectivity index (χ1v) is 20.9. The summed E-state index contributed by atoms with van der Waals surface area (Å²) in [5.41, 5.74) is 3.41. The van der Waals surface area contributed by atoms with Crippen LogP contribution in [0.25, 0.3) is 21.9 Å². The van der Waals surface area contributed by atoms with E-state index in [1.165, 1.54) is 0 Å². The molecule has 6 aromatic rings. The maximum atomic E-state index is 13.5. The molecule has 56 heavy (non-hydrogen) atoms. The summed E-state index contributed by atoms with van der Waals surface area (Å²) in [6.07, 6.45) is 5.02. The number of para-hydroxylation sites is 2. The molecule has 0 saturated heterocycles. The fraction of sp³-hybridized carbons (Fsp3) is 0.222. The molecule has 1 aliphatic heterocycles. The summed E-state index contributed by atoms with van der Waals surface area (Å²) in [4.78, 5) is 13.5. The topological polar surface area (TPSA) is 90.9 Å². The van der Waals surface area contributed by atoms with Gasteiger partial charge in [-0.05, 0) is 96.8 Å². The average Bonchev–Trinajstić information content (AvgIpc) is 3.23. The molecule has 1 atom stereocenters. The maximum absolute atomic E-state index is 13.5. The molecule has 0 aliphatic carbocycles. The van der Waals surface area contributed by atoms with Crippen LogP contribution < -0.4 is 32.1 Å². The van der Waals surface area contributed by atoms with E-state index in [2.05, 4.69) is 13.8 Å². The fourth-order valence-electron chi connectivity index (χ4n) is 6.37. The van der Waals surface area contributed by atoms with Crippen molar-refractivity contribution < 1.29 is 41.4 Å². The molecule has 0 spiro atoms. The lowest BCUT2D eigenvalue weighted by atomic mass is 9.94. The van der Waals surface area contributed by atoms with E-state index in [1.54, 1.807) is 20.3 Å². The van der Waals surface area contributed by atoms with E-state index in [0.717, 1.165) is 47.6 Å². The van der Waals surface area contributed by atoms with Gasteiger partial charge in [-0.2, -0.15) is 0 Å². The van der Waals surface area contributed by atoms with Gasteiger partial charge in [0.05, 0.1) is 14.2 Å². The van der Waals surface area contributed by atoms with Crippen molar-refractivity contribution in [1.29, 1.82) is 0 Å². The number of aryl methyl sites for hydroxylation is 2. The highest BCUT2D eigenvalue weighted by Gasteiger charge is 2.36. The van der Waals surface area contributed by atoms with Crippen LogP contribution in [0.2, 0.25) is 0 Å². The first-order chi connectivity index (χ1) is 27.5. The predicted octanol–water partition coefficient (Wildman–Crippen LogP) is 12.8. The van der Waals surface area contributed by atoms with E-state index < -0.39 is 23.2 Å². The van der Waals surface area contributed by atoms with Crippen LogP contribution >= 0.6 is 17.2 Å². The molecule has 1 unspecified atom stereocenters. The van der Waals surface area contributed by atoms with Crippen molar-refractivity contribution in [2.45, 2.75) is 52.4 Å². The zero-order chi connectivity index (χ0) is 38.9. The van der Waals surface area contributed by atoms with E-state index in [9.17, 15) is 4.79 Å². The van der Waals surface area contributed by atoms with Gasteiger partial charge < -0.3 is 36.6 Å². The first kappa shape index (κ1) is 38.8. The number of carbonyl (C=O) groups excluding carboxylic acids is 1. The van der Waals surface area contributed by atoms with Gasteiger partial charge in [0.25, 0.3) is 0 Å². The van der Waals surface area contributed by atoms with Crippen molar-refractivity contribution in [2.24, 2.45) is 0 Å². The second-order valence-electron chi connectivity index (χ2n) is 13.1. The van der Waals surface area contributed by atoms with Crippen LogP contribution in [0.3, 0.4) is 0 Å². The molecule has 0 saturated carbocycles. The highest BCUT2D eigenvalue weighted by Crippen LogP contribution is 2.55. The number of fused-ring (bicyclic) bond motifs is 3. The van der Waals surface area contributed by atoms with Crippen molar-refractivity contribution in [3.8, 4) is 51.4 Å². The summed E-state index contributed by atoms with van der Waals surface area (Å²) < 4.78 is 50.7. The van der Waals surface area contributed by atoms with Gasteiger partial charge >= 0.3 is 23.2 Å². The van der Waals surface area contributed by atoms with Gasteiger partial charge in [0, 0.05) is 16.5 Å². The number of rotatable bonds is 17. The molecule has 0 amide bonds. The normalized spacial score (nSPS) is 13.4. The largest absolute Gasteiger partial charge is 0.532 e. The number of unbranched alkanes of at least 4 members (excludes halogenated alkanes) is 2. The van der Waals surface area contributed by atoms with Crippen molar-refractivity contribution in [3.63, 3.8) is 0 Å². The SMILES string of the molecule is CCCCc1cc(OC)cc(-c2cc(OC)cc(CCCC)c2OP2OC(=O)c3ccc4ccccc4c3O2)c1OP(Oc1ccccc1)Oc1ccccc1. The van der Waals surface area contributed by atoms with Crippen molar-refractivity contribution in [2.75, 3.05) is 14.2 Å². The molecule has 1 heterocycles. The molecule has 9 nitrogen and oxygen atoms in total. The Labute approximate surface area is 330 Å². The Morgan fingerprint density at radius 3 is 1.71 bits per heavy atom. The van der Waals surface area contributed by atoms with Crippen LogP contribution in [-0.4, -0.2) is 20.2 Å². The molecule has 6 aromatic carbocycles. The summed E-state index contributed by atoms with van der Waals surface area (Å²) >= 11 is 0. The summed E-state index contributed by atoms with van der Waals surface area (Å²) in [7, 11) is -1.000. The highest BCUT2D eigenvalue weighted by atomic mass is 31.2. The van der Waals surface area contributed by atoms with E-state index in [0.29, 0.717) is 69.8 Å². The smallest absolute Gasteiger partial charge is 0.497 e. The van der Waals surface area contributed by atoms with E-state index in [1.807, 2.05) is 115 Å². The molecule has 0 radical (unpaired) electrons. The fourth-order valence-corrected chi connectivity index (χ4v) is 8.49. The molecule has 7 rings (SSSR count). The second kappa shape index (κ2) is 18.4. The van der Waals surface area contributed by atoms with Gasteiger partial charge in [0.2, 0.25) is 0 Å². The lowest BCUT2D eigenvalue weighted by Gasteiger charge is -2.27. The summed E-state index contributed by atoms with van der Waals surface area (Å²) in [5.74, 6) is 3.40. The van der Waals surface area contributed by atoms with Crippen LogP contribution in [-0.2, 0) is 17.4 Å². The highest BCUT2D eigenvalue weighted by molar-refractivity contribution is 7.43. The van der Waals surface area contributed by atoms with Crippen LogP contribution in [0.15, 0.2) is 121 Å². The Hall–Kier alpha value is -5.49. The Bertz CT molecular complexity index is 2230. The van der Waals surface area contributed by atoms with Gasteiger partial charge in [-0.1, -0.05) is 93.4 Å². The zero-order valence-corrected chi connectivity index (χ0v) is 33.6. The number of hydrogen-bond acceptors (Lipinski definition) is 9. The Balaban J connectivity index is 1.38. The van der Waals surface area contributed by atoms with Gasteiger partial charge in [0.1, 0.15) is 40.1 Å². The third-order valence-corrected chi connectivity index (χ3v) is 11.3. The number of ether oxygens (including phenoxy) is 2. The van der Waals surface area contributed by atoms with Crippen molar-refractivity contribution in [3.05, 3.63) is 138 Å². The summed E-state index contributed by atoms with van der Waals surface area (Å²) in [6, 6.07) is 38.1. The lowest BCUT2D eigenvalue weighted by Crippen LogP contribution is -2.15. The minimum atomic E-state index is -2.23. The number of methoxy groups -OCH3 is 2. The second-order valence-corrected chi connectivity index (χ2v) is 15.1. The van der Waals surface area contributed by atoms with Gasteiger partial charge in [-0.15, -0.1) is 0 Å². The molecule has 0 N–H and O–H groups in total.